The number of ether oxygens (including phenoxy) is 2. The third kappa shape index (κ3) is 2.33. The second-order valence-corrected chi connectivity index (χ2v) is 4.84. The SMILES string of the molecule is COc1c(Cl)cc(CC2(N)CC2)c(OC)c1F. The predicted octanol–water partition coefficient (Wildman–Crippen LogP) is 2.53. The van der Waals surface area contributed by atoms with Gasteiger partial charge < -0.3 is 15.2 Å². The lowest BCUT2D eigenvalue weighted by atomic mass is 10.0. The van der Waals surface area contributed by atoms with E-state index in [2.05, 4.69) is 0 Å². The molecule has 0 aliphatic heterocycles. The van der Waals surface area contributed by atoms with Crippen LogP contribution in [0.2, 0.25) is 5.02 Å². The zero-order chi connectivity index (χ0) is 12.6. The quantitative estimate of drug-likeness (QED) is 0.904. The number of methoxy groups -OCH3 is 2. The zero-order valence-corrected chi connectivity index (χ0v) is 10.6. The number of benzene rings is 1. The summed E-state index contributed by atoms with van der Waals surface area (Å²) in [6.07, 6.45) is 2.46. The molecule has 1 aromatic carbocycles. The Morgan fingerprint density at radius 2 is 1.94 bits per heavy atom. The van der Waals surface area contributed by atoms with Crippen molar-refractivity contribution < 1.29 is 13.9 Å². The van der Waals surface area contributed by atoms with Gasteiger partial charge in [-0.3, -0.25) is 0 Å². The first-order chi connectivity index (χ1) is 8.00. The highest BCUT2D eigenvalue weighted by molar-refractivity contribution is 6.32. The molecule has 0 unspecified atom stereocenters. The van der Waals surface area contributed by atoms with E-state index in [-0.39, 0.29) is 22.1 Å². The average molecular weight is 260 g/mol. The smallest absolute Gasteiger partial charge is 0.208 e. The third-order valence-corrected chi connectivity index (χ3v) is 3.33. The second kappa shape index (κ2) is 4.35. The molecule has 0 radical (unpaired) electrons. The molecule has 0 atom stereocenters. The second-order valence-electron chi connectivity index (χ2n) is 4.44. The Kier molecular flexibility index (Phi) is 3.19. The highest BCUT2D eigenvalue weighted by Crippen LogP contribution is 2.42. The van der Waals surface area contributed by atoms with Crippen molar-refractivity contribution >= 4 is 11.6 Å². The van der Waals surface area contributed by atoms with Crippen molar-refractivity contribution in [1.29, 1.82) is 0 Å². The van der Waals surface area contributed by atoms with Gasteiger partial charge in [-0.05, 0) is 25.3 Å². The van der Waals surface area contributed by atoms with Gasteiger partial charge in [0.1, 0.15) is 0 Å². The van der Waals surface area contributed by atoms with Crippen LogP contribution >= 0.6 is 11.6 Å². The predicted molar refractivity (Wildman–Crippen MR) is 64.4 cm³/mol. The Balaban J connectivity index is 2.44. The Bertz CT molecular complexity index is 447. The molecule has 1 aliphatic carbocycles. The number of halogens is 2. The van der Waals surface area contributed by atoms with E-state index in [4.69, 9.17) is 26.8 Å². The molecule has 5 heteroatoms. The van der Waals surface area contributed by atoms with Crippen LogP contribution in [0, 0.1) is 5.82 Å². The van der Waals surface area contributed by atoms with Crippen molar-refractivity contribution in [2.45, 2.75) is 24.8 Å². The van der Waals surface area contributed by atoms with E-state index in [1.165, 1.54) is 14.2 Å². The van der Waals surface area contributed by atoms with Gasteiger partial charge in [-0.2, -0.15) is 4.39 Å². The van der Waals surface area contributed by atoms with E-state index in [9.17, 15) is 4.39 Å². The van der Waals surface area contributed by atoms with Crippen molar-refractivity contribution in [2.75, 3.05) is 14.2 Å². The third-order valence-electron chi connectivity index (χ3n) is 3.05. The Labute approximate surface area is 105 Å². The lowest BCUT2D eigenvalue weighted by Crippen LogP contribution is -2.25. The molecule has 0 saturated heterocycles. The maximum Gasteiger partial charge on any atom is 0.208 e. The van der Waals surface area contributed by atoms with Crippen molar-refractivity contribution in [3.63, 3.8) is 0 Å². The minimum atomic E-state index is -0.568. The summed E-state index contributed by atoms with van der Waals surface area (Å²) in [6.45, 7) is 0. The fraction of sp³-hybridized carbons (Fsp3) is 0.500. The fourth-order valence-corrected chi connectivity index (χ4v) is 2.18. The van der Waals surface area contributed by atoms with Crippen LogP contribution in [0.4, 0.5) is 4.39 Å². The van der Waals surface area contributed by atoms with Crippen LogP contribution < -0.4 is 15.2 Å². The molecule has 2 N–H and O–H groups in total. The molecule has 0 spiro atoms. The van der Waals surface area contributed by atoms with E-state index in [0.29, 0.717) is 12.0 Å². The van der Waals surface area contributed by atoms with Gasteiger partial charge in [0.05, 0.1) is 19.2 Å². The van der Waals surface area contributed by atoms with Crippen LogP contribution in [0.5, 0.6) is 11.5 Å². The van der Waals surface area contributed by atoms with Crippen molar-refractivity contribution in [3.8, 4) is 11.5 Å². The summed E-state index contributed by atoms with van der Waals surface area (Å²) < 4.78 is 24.0. The average Bonchev–Trinajstić information content (AvgIpc) is 2.96. The largest absolute Gasteiger partial charge is 0.493 e. The van der Waals surface area contributed by atoms with E-state index in [1.807, 2.05) is 0 Å². The van der Waals surface area contributed by atoms with Crippen molar-refractivity contribution in [1.82, 2.24) is 0 Å². The van der Waals surface area contributed by atoms with Gasteiger partial charge in [-0.15, -0.1) is 0 Å². The summed E-state index contributed by atoms with van der Waals surface area (Å²) >= 11 is 5.95. The van der Waals surface area contributed by atoms with E-state index >= 15 is 0 Å². The highest BCUT2D eigenvalue weighted by Gasteiger charge is 2.39. The molecular weight excluding hydrogens is 245 g/mol. The van der Waals surface area contributed by atoms with Crippen LogP contribution in [0.25, 0.3) is 0 Å². The van der Waals surface area contributed by atoms with Gasteiger partial charge in [0.25, 0.3) is 0 Å². The lowest BCUT2D eigenvalue weighted by Gasteiger charge is -2.16. The summed E-state index contributed by atoms with van der Waals surface area (Å²) in [5.41, 5.74) is 6.49. The fourth-order valence-electron chi connectivity index (χ4n) is 1.89. The molecule has 3 nitrogen and oxygen atoms in total. The molecule has 1 saturated carbocycles. The van der Waals surface area contributed by atoms with E-state index < -0.39 is 5.82 Å². The maximum absolute atomic E-state index is 14.0. The summed E-state index contributed by atoms with van der Waals surface area (Å²) in [5, 5.41) is 0.241. The summed E-state index contributed by atoms with van der Waals surface area (Å²) in [6, 6.07) is 1.66. The standard InChI is InChI=1S/C12H15ClFNO2/c1-16-10-7(6-12(15)3-4-12)5-8(13)11(17-2)9(10)14/h5H,3-4,6,15H2,1-2H3. The van der Waals surface area contributed by atoms with Gasteiger partial charge in [0.15, 0.2) is 11.5 Å². The summed E-state index contributed by atoms with van der Waals surface area (Å²) in [5.74, 6) is -0.390. The Morgan fingerprint density at radius 3 is 2.41 bits per heavy atom. The maximum atomic E-state index is 14.0. The zero-order valence-electron chi connectivity index (χ0n) is 9.85. The molecule has 0 amide bonds. The van der Waals surface area contributed by atoms with Crippen LogP contribution in [0.3, 0.4) is 0 Å². The molecule has 1 aliphatic rings. The van der Waals surface area contributed by atoms with E-state index in [1.54, 1.807) is 6.07 Å². The Morgan fingerprint density at radius 1 is 1.35 bits per heavy atom. The van der Waals surface area contributed by atoms with Crippen LogP contribution in [-0.2, 0) is 6.42 Å². The molecule has 94 valence electrons. The first kappa shape index (κ1) is 12.5. The number of rotatable bonds is 4. The minimum Gasteiger partial charge on any atom is -0.493 e. The van der Waals surface area contributed by atoms with Gasteiger partial charge in [-0.25, -0.2) is 0 Å². The molecule has 0 bridgehead atoms. The molecular formula is C12H15ClFNO2. The van der Waals surface area contributed by atoms with Gasteiger partial charge in [0.2, 0.25) is 5.82 Å². The molecule has 1 fully saturated rings. The normalized spacial score (nSPS) is 16.8. The number of nitrogens with two attached hydrogens (primary N) is 1. The van der Waals surface area contributed by atoms with Crippen LogP contribution in [0.1, 0.15) is 18.4 Å². The minimum absolute atomic E-state index is 0.00846. The molecule has 0 aromatic heterocycles. The molecule has 2 rings (SSSR count). The highest BCUT2D eigenvalue weighted by atomic mass is 35.5. The van der Waals surface area contributed by atoms with Gasteiger partial charge >= 0.3 is 0 Å². The Hall–Kier alpha value is -1.00. The van der Waals surface area contributed by atoms with E-state index in [0.717, 1.165) is 12.8 Å². The molecule has 0 heterocycles. The first-order valence-corrected chi connectivity index (χ1v) is 5.76. The summed E-state index contributed by atoms with van der Waals surface area (Å²) in [4.78, 5) is 0. The van der Waals surface area contributed by atoms with Crippen molar-refractivity contribution in [3.05, 3.63) is 22.5 Å². The number of hydrogen-bond acceptors (Lipinski definition) is 3. The van der Waals surface area contributed by atoms with Crippen LogP contribution in [0.15, 0.2) is 6.07 Å². The molecule has 1 aromatic rings. The summed E-state index contributed by atoms with van der Waals surface area (Å²) in [7, 11) is 2.79. The van der Waals surface area contributed by atoms with Crippen molar-refractivity contribution in [2.24, 2.45) is 5.73 Å². The monoisotopic (exact) mass is 259 g/mol. The topological polar surface area (TPSA) is 44.5 Å². The lowest BCUT2D eigenvalue weighted by molar-refractivity contribution is 0.346. The molecule has 17 heavy (non-hydrogen) atoms. The van der Waals surface area contributed by atoms with Gasteiger partial charge in [0, 0.05) is 11.1 Å². The first-order valence-electron chi connectivity index (χ1n) is 5.38. The van der Waals surface area contributed by atoms with Gasteiger partial charge in [-0.1, -0.05) is 11.6 Å². The number of hydrogen-bond donors (Lipinski definition) is 1. The van der Waals surface area contributed by atoms with Crippen LogP contribution in [-0.4, -0.2) is 19.8 Å².